The summed E-state index contributed by atoms with van der Waals surface area (Å²) in [5.41, 5.74) is -2.18. The number of ether oxygens (including phenoxy) is 1. The van der Waals surface area contributed by atoms with E-state index in [4.69, 9.17) is 14.2 Å². The number of alkyl halides is 3. The molecule has 0 aliphatic rings. The minimum absolute atomic E-state index is 0.00518. The van der Waals surface area contributed by atoms with Gasteiger partial charge in [0.05, 0.1) is 15.4 Å². The maximum Gasteiger partial charge on any atom is 0.416 e. The van der Waals surface area contributed by atoms with E-state index < -0.39 is 41.7 Å². The van der Waals surface area contributed by atoms with Crippen LogP contribution < -0.4 is 10.1 Å². The molecule has 2 rings (SSSR count). The van der Waals surface area contributed by atoms with Crippen molar-refractivity contribution in [2.75, 3.05) is 11.9 Å². The molecule has 2 aromatic rings. The number of hydrogen-bond donors (Lipinski definition) is 2. The molecule has 0 spiro atoms. The van der Waals surface area contributed by atoms with E-state index in [1.54, 1.807) is 6.92 Å². The van der Waals surface area contributed by atoms with Crippen molar-refractivity contribution >= 4 is 25.7 Å². The monoisotopic (exact) mass is 493 g/mol. The van der Waals surface area contributed by atoms with Gasteiger partial charge in [-0.2, -0.15) is 13.2 Å². The van der Waals surface area contributed by atoms with Gasteiger partial charge in [0, 0.05) is 24.7 Å². The Labute approximate surface area is 189 Å². The largest absolute Gasteiger partial charge is 0.450 e. The van der Waals surface area contributed by atoms with Gasteiger partial charge in [0.25, 0.3) is 5.69 Å². The van der Waals surface area contributed by atoms with Crippen molar-refractivity contribution in [2.24, 2.45) is 0 Å². The molecule has 0 heterocycles. The van der Waals surface area contributed by atoms with E-state index in [2.05, 4.69) is 19.2 Å². The summed E-state index contributed by atoms with van der Waals surface area (Å²) in [7, 11) is -0.833. The SMILES string of the molecule is CCCC.CCNc1cc(Oc2ccc(C(F)(F)F)cc2[N+](=O)[O-])ccc1[N+](=O)[O-].O=PO. The lowest BCUT2D eigenvalue weighted by atomic mass is 10.2. The fourth-order valence-electron chi connectivity index (χ4n) is 2.12. The molecule has 33 heavy (non-hydrogen) atoms. The van der Waals surface area contributed by atoms with Gasteiger partial charge in [-0.3, -0.25) is 20.2 Å². The summed E-state index contributed by atoms with van der Waals surface area (Å²) in [6.07, 6.45) is -2.10. The van der Waals surface area contributed by atoms with Gasteiger partial charge in [-0.15, -0.1) is 0 Å². The van der Waals surface area contributed by atoms with Crippen molar-refractivity contribution in [2.45, 2.75) is 39.8 Å². The zero-order valence-corrected chi connectivity index (χ0v) is 18.9. The Kier molecular flexibility index (Phi) is 13.2. The highest BCUT2D eigenvalue weighted by Gasteiger charge is 2.33. The third kappa shape index (κ3) is 10.2. The molecule has 0 aliphatic carbocycles. The van der Waals surface area contributed by atoms with Crippen molar-refractivity contribution < 1.29 is 37.2 Å². The van der Waals surface area contributed by atoms with Gasteiger partial charge in [0.2, 0.25) is 5.75 Å². The number of benzene rings is 2. The first kappa shape index (κ1) is 29.7. The minimum Gasteiger partial charge on any atom is -0.450 e. The Morgan fingerprint density at radius 1 is 1.00 bits per heavy atom. The Morgan fingerprint density at radius 2 is 1.55 bits per heavy atom. The predicted molar refractivity (Wildman–Crippen MR) is 116 cm³/mol. The van der Waals surface area contributed by atoms with Crippen LogP contribution in [-0.4, -0.2) is 21.3 Å². The Bertz CT molecular complexity index is 941. The molecule has 10 nitrogen and oxygen atoms in total. The molecule has 0 unspecified atom stereocenters. The fourth-order valence-corrected chi connectivity index (χ4v) is 2.12. The van der Waals surface area contributed by atoms with Crippen LogP contribution in [0.4, 0.5) is 30.2 Å². The van der Waals surface area contributed by atoms with E-state index in [1.807, 2.05) is 0 Å². The Balaban J connectivity index is 0.00000129. The van der Waals surface area contributed by atoms with Crippen LogP contribution in [-0.2, 0) is 10.7 Å². The van der Waals surface area contributed by atoms with Crippen molar-refractivity contribution in [3.63, 3.8) is 0 Å². The summed E-state index contributed by atoms with van der Waals surface area (Å²) in [5, 5.41) is 24.8. The predicted octanol–water partition coefficient (Wildman–Crippen LogP) is 6.74. The average Bonchev–Trinajstić information content (AvgIpc) is 2.74. The number of anilines is 1. The highest BCUT2D eigenvalue weighted by Crippen LogP contribution is 2.39. The van der Waals surface area contributed by atoms with E-state index >= 15 is 0 Å². The summed E-state index contributed by atoms with van der Waals surface area (Å²) in [5.74, 6) is -0.422. The summed E-state index contributed by atoms with van der Waals surface area (Å²) in [6.45, 7) is 6.43. The quantitative estimate of drug-likeness (QED) is 0.245. The molecule has 2 N–H and O–H groups in total. The van der Waals surface area contributed by atoms with Gasteiger partial charge in [0.1, 0.15) is 11.4 Å². The van der Waals surface area contributed by atoms with Crippen LogP contribution in [0.3, 0.4) is 0 Å². The smallest absolute Gasteiger partial charge is 0.416 e. The van der Waals surface area contributed by atoms with Crippen LogP contribution in [0, 0.1) is 20.2 Å². The maximum atomic E-state index is 12.7. The Hall–Kier alpha value is -3.31. The number of rotatable bonds is 7. The number of nitrogens with one attached hydrogen (secondary N) is 1. The van der Waals surface area contributed by atoms with Gasteiger partial charge in [-0.05, 0) is 25.1 Å². The van der Waals surface area contributed by atoms with Gasteiger partial charge >= 0.3 is 20.6 Å². The first-order valence-electron chi connectivity index (χ1n) is 9.49. The fraction of sp³-hybridized carbons (Fsp3) is 0.368. The Morgan fingerprint density at radius 3 is 1.97 bits per heavy atom. The lowest BCUT2D eigenvalue weighted by Gasteiger charge is -2.11. The van der Waals surface area contributed by atoms with E-state index in [0.717, 1.165) is 12.1 Å². The van der Waals surface area contributed by atoms with E-state index in [0.29, 0.717) is 18.7 Å². The molecule has 0 atom stereocenters. The molecule has 0 fully saturated rings. The maximum absolute atomic E-state index is 12.7. The molecule has 2 aromatic carbocycles. The summed E-state index contributed by atoms with van der Waals surface area (Å²) < 4.78 is 51.9. The standard InChI is InChI=1S/C15H12F3N3O5.C4H10.HO2P/c1-2-19-11-8-10(4-5-12(11)20(22)23)26-14-6-3-9(15(16,17)18)7-13(14)21(24)25;1-3-4-2;1-3-2/h3-8,19H,2H2,1H3;3-4H2,1-2H3;(H,1,2). The second kappa shape index (κ2) is 14.7. The lowest BCUT2D eigenvalue weighted by Crippen LogP contribution is -2.06. The third-order valence-corrected chi connectivity index (χ3v) is 3.74. The van der Waals surface area contributed by atoms with Crippen LogP contribution in [0.5, 0.6) is 11.5 Å². The first-order valence-corrected chi connectivity index (χ1v) is 10.3. The molecule has 182 valence electrons. The van der Waals surface area contributed by atoms with Gasteiger partial charge in [-0.1, -0.05) is 26.7 Å². The molecule has 0 saturated heterocycles. The molecule has 0 aliphatic heterocycles. The highest BCUT2D eigenvalue weighted by molar-refractivity contribution is 7.16. The van der Waals surface area contributed by atoms with Crippen LogP contribution in [0.15, 0.2) is 36.4 Å². The molecule has 0 radical (unpaired) electrons. The number of nitro groups is 2. The average molecular weight is 493 g/mol. The number of nitrogens with zero attached hydrogens (tertiary/aromatic N) is 2. The van der Waals surface area contributed by atoms with E-state index in [9.17, 15) is 33.4 Å². The van der Waals surface area contributed by atoms with Crippen LogP contribution in [0.2, 0.25) is 0 Å². The molecule has 0 saturated carbocycles. The van der Waals surface area contributed by atoms with Crippen molar-refractivity contribution in [3.8, 4) is 11.5 Å². The summed E-state index contributed by atoms with van der Waals surface area (Å²) in [6, 6.07) is 5.41. The van der Waals surface area contributed by atoms with E-state index in [1.165, 1.54) is 25.0 Å². The van der Waals surface area contributed by atoms with Crippen molar-refractivity contribution in [3.05, 3.63) is 62.2 Å². The molecule has 0 aromatic heterocycles. The van der Waals surface area contributed by atoms with E-state index in [-0.39, 0.29) is 17.1 Å². The first-order chi connectivity index (χ1) is 15.5. The third-order valence-electron chi connectivity index (χ3n) is 3.74. The number of hydrogen-bond acceptors (Lipinski definition) is 7. The second-order valence-electron chi connectivity index (χ2n) is 6.09. The van der Waals surface area contributed by atoms with Crippen LogP contribution in [0.1, 0.15) is 39.2 Å². The number of unbranched alkanes of at least 4 members (excludes halogenated alkanes) is 1. The summed E-state index contributed by atoms with van der Waals surface area (Å²) >= 11 is 0. The normalized spacial score (nSPS) is 10.3. The number of halogens is 3. The highest BCUT2D eigenvalue weighted by atomic mass is 31.1. The van der Waals surface area contributed by atoms with Gasteiger partial charge < -0.3 is 14.9 Å². The zero-order chi connectivity index (χ0) is 25.6. The lowest BCUT2D eigenvalue weighted by molar-refractivity contribution is -0.385. The molecule has 0 bridgehead atoms. The molecular weight excluding hydrogens is 470 g/mol. The van der Waals surface area contributed by atoms with Gasteiger partial charge in [-0.25, -0.2) is 4.57 Å². The molecular formula is C19H23F3N3O7P. The molecule has 14 heteroatoms. The minimum atomic E-state index is -4.74. The van der Waals surface area contributed by atoms with Crippen molar-refractivity contribution in [1.29, 1.82) is 0 Å². The van der Waals surface area contributed by atoms with Gasteiger partial charge in [0.15, 0.2) is 0 Å². The zero-order valence-electron chi connectivity index (χ0n) is 18.0. The van der Waals surface area contributed by atoms with Crippen molar-refractivity contribution in [1.82, 2.24) is 0 Å². The molecule has 0 amide bonds. The van der Waals surface area contributed by atoms with Crippen LogP contribution >= 0.6 is 8.69 Å². The summed E-state index contributed by atoms with van der Waals surface area (Å²) in [4.78, 5) is 27.4. The second-order valence-corrected chi connectivity index (χ2v) is 6.25. The topological polar surface area (TPSA) is 145 Å². The number of nitro benzene ring substituents is 2. The van der Waals surface area contributed by atoms with Crippen LogP contribution in [0.25, 0.3) is 0 Å².